The maximum atomic E-state index is 12.3. The molecule has 0 aromatic carbocycles. The molecular weight excluding hydrogens is 318 g/mol. The Bertz CT molecular complexity index is 695. The molecule has 0 radical (unpaired) electrons. The number of fused-ring (bicyclic) bond motifs is 1. The van der Waals surface area contributed by atoms with Crippen LogP contribution in [0.3, 0.4) is 0 Å². The minimum Gasteiger partial charge on any atom is -0.461 e. The van der Waals surface area contributed by atoms with E-state index in [1.54, 1.807) is 13.1 Å². The lowest BCUT2D eigenvalue weighted by Gasteiger charge is -2.27. The molecule has 7 heteroatoms. The molecule has 0 aliphatic carbocycles. The summed E-state index contributed by atoms with van der Waals surface area (Å²) in [7, 11) is 0. The van der Waals surface area contributed by atoms with Gasteiger partial charge in [-0.05, 0) is 19.1 Å². The van der Waals surface area contributed by atoms with Crippen molar-refractivity contribution >= 4 is 28.5 Å². The summed E-state index contributed by atoms with van der Waals surface area (Å²) in [5, 5.41) is 1.30. The molecule has 124 valence electrons. The molecule has 0 N–H and O–H groups in total. The summed E-state index contributed by atoms with van der Waals surface area (Å²) in [4.78, 5) is 18.7. The molecule has 0 unspecified atom stereocenters. The third kappa shape index (κ3) is 3.49. The first-order valence-electron chi connectivity index (χ1n) is 7.81. The second kappa shape index (κ2) is 7.29. The van der Waals surface area contributed by atoms with Crippen molar-refractivity contribution < 1.29 is 14.3 Å². The molecule has 1 fully saturated rings. The van der Waals surface area contributed by atoms with Crippen LogP contribution in [0.4, 0.5) is 0 Å². The van der Waals surface area contributed by atoms with Gasteiger partial charge >= 0.3 is 5.97 Å². The van der Waals surface area contributed by atoms with Crippen LogP contribution in [0.25, 0.3) is 10.9 Å². The van der Waals surface area contributed by atoms with E-state index in [-0.39, 0.29) is 5.97 Å². The van der Waals surface area contributed by atoms with Gasteiger partial charge in [0.15, 0.2) is 5.15 Å². The molecule has 2 aromatic heterocycles. The number of hydrogen-bond acceptors (Lipinski definition) is 5. The molecule has 3 rings (SSSR count). The lowest BCUT2D eigenvalue weighted by molar-refractivity contribution is 0.0359. The second-order valence-corrected chi connectivity index (χ2v) is 5.75. The largest absolute Gasteiger partial charge is 0.461 e. The summed E-state index contributed by atoms with van der Waals surface area (Å²) in [6.45, 7) is 6.93. The van der Waals surface area contributed by atoms with E-state index in [1.165, 1.54) is 0 Å². The second-order valence-electron chi connectivity index (χ2n) is 5.40. The molecule has 0 bridgehead atoms. The topological polar surface area (TPSA) is 56.6 Å². The summed E-state index contributed by atoms with van der Waals surface area (Å²) < 4.78 is 12.5. The molecule has 0 spiro atoms. The summed E-state index contributed by atoms with van der Waals surface area (Å²) in [5.74, 6) is -0.332. The zero-order valence-electron chi connectivity index (χ0n) is 13.1. The van der Waals surface area contributed by atoms with Crippen LogP contribution in [0.15, 0.2) is 18.3 Å². The Morgan fingerprint density at radius 1 is 1.39 bits per heavy atom. The number of morpholine rings is 1. The van der Waals surface area contributed by atoms with E-state index in [0.717, 1.165) is 43.8 Å². The lowest BCUT2D eigenvalue weighted by atomic mass is 10.3. The van der Waals surface area contributed by atoms with Crippen LogP contribution in [0.5, 0.6) is 0 Å². The highest BCUT2D eigenvalue weighted by Crippen LogP contribution is 2.26. The predicted molar refractivity (Wildman–Crippen MR) is 88.0 cm³/mol. The fourth-order valence-corrected chi connectivity index (χ4v) is 3.11. The molecule has 6 nitrogen and oxygen atoms in total. The van der Waals surface area contributed by atoms with Gasteiger partial charge in [0, 0.05) is 37.8 Å². The minimum absolute atomic E-state index is 0.332. The fourth-order valence-electron chi connectivity index (χ4n) is 2.84. The molecule has 1 aliphatic heterocycles. The maximum Gasteiger partial charge on any atom is 0.354 e. The standard InChI is InChI=1S/C16H20ClN3O3/c1-2-23-16(21)13-11-12-3-4-18-15(17)14(12)20(13)6-5-19-7-9-22-10-8-19/h3-4,11H,2,5-10H2,1H3. The molecule has 0 atom stereocenters. The van der Waals surface area contributed by atoms with Crippen LogP contribution in [0.2, 0.25) is 5.15 Å². The Hall–Kier alpha value is -1.63. The predicted octanol–water partition coefficient (Wildman–Crippen LogP) is 2.20. The van der Waals surface area contributed by atoms with Crippen LogP contribution >= 0.6 is 11.6 Å². The van der Waals surface area contributed by atoms with Crippen LogP contribution in [0, 0.1) is 0 Å². The third-order valence-corrected chi connectivity index (χ3v) is 4.27. The number of rotatable bonds is 5. The normalized spacial score (nSPS) is 15.9. The Morgan fingerprint density at radius 2 is 2.17 bits per heavy atom. The van der Waals surface area contributed by atoms with Crippen molar-refractivity contribution in [2.75, 3.05) is 39.5 Å². The number of pyridine rings is 1. The first kappa shape index (κ1) is 16.2. The lowest BCUT2D eigenvalue weighted by Crippen LogP contribution is -2.38. The van der Waals surface area contributed by atoms with Crippen molar-refractivity contribution in [3.63, 3.8) is 0 Å². The first-order chi connectivity index (χ1) is 11.2. The Morgan fingerprint density at radius 3 is 2.91 bits per heavy atom. The number of hydrogen-bond donors (Lipinski definition) is 0. The van der Waals surface area contributed by atoms with E-state index in [4.69, 9.17) is 21.1 Å². The number of esters is 1. The molecule has 0 saturated carbocycles. The number of aromatic nitrogens is 2. The van der Waals surface area contributed by atoms with Gasteiger partial charge in [0.05, 0.1) is 25.3 Å². The number of nitrogens with zero attached hydrogens (tertiary/aromatic N) is 3. The minimum atomic E-state index is -0.332. The molecule has 1 aliphatic rings. The highest BCUT2D eigenvalue weighted by molar-refractivity contribution is 6.34. The van der Waals surface area contributed by atoms with Crippen molar-refractivity contribution in [3.05, 3.63) is 29.2 Å². The highest BCUT2D eigenvalue weighted by Gasteiger charge is 2.20. The quantitative estimate of drug-likeness (QED) is 0.618. The highest BCUT2D eigenvalue weighted by atomic mass is 35.5. The molecule has 2 aromatic rings. The van der Waals surface area contributed by atoms with Crippen LogP contribution < -0.4 is 0 Å². The van der Waals surface area contributed by atoms with E-state index in [0.29, 0.717) is 24.0 Å². The SMILES string of the molecule is CCOC(=O)c1cc2ccnc(Cl)c2n1CCN1CCOCC1. The van der Waals surface area contributed by atoms with Gasteiger partial charge < -0.3 is 14.0 Å². The molecule has 23 heavy (non-hydrogen) atoms. The summed E-state index contributed by atoms with van der Waals surface area (Å²) in [6, 6.07) is 3.68. The van der Waals surface area contributed by atoms with E-state index < -0.39 is 0 Å². The van der Waals surface area contributed by atoms with Crippen molar-refractivity contribution in [2.24, 2.45) is 0 Å². The first-order valence-corrected chi connectivity index (χ1v) is 8.19. The fraction of sp³-hybridized carbons (Fsp3) is 0.500. The van der Waals surface area contributed by atoms with E-state index in [1.807, 2.05) is 16.7 Å². The van der Waals surface area contributed by atoms with Gasteiger partial charge in [0.1, 0.15) is 5.69 Å². The van der Waals surface area contributed by atoms with Crippen LogP contribution in [-0.2, 0) is 16.0 Å². The average molecular weight is 338 g/mol. The summed E-state index contributed by atoms with van der Waals surface area (Å²) in [6.07, 6.45) is 1.64. The Labute approximate surface area is 139 Å². The van der Waals surface area contributed by atoms with Gasteiger partial charge in [-0.3, -0.25) is 4.90 Å². The zero-order valence-corrected chi connectivity index (χ0v) is 13.9. The van der Waals surface area contributed by atoms with Crippen LogP contribution in [0.1, 0.15) is 17.4 Å². The zero-order chi connectivity index (χ0) is 16.2. The van der Waals surface area contributed by atoms with E-state index >= 15 is 0 Å². The van der Waals surface area contributed by atoms with Gasteiger partial charge in [-0.2, -0.15) is 0 Å². The van der Waals surface area contributed by atoms with Crippen molar-refractivity contribution in [1.29, 1.82) is 0 Å². The monoisotopic (exact) mass is 337 g/mol. The Kier molecular flexibility index (Phi) is 5.15. The van der Waals surface area contributed by atoms with Gasteiger partial charge in [-0.1, -0.05) is 11.6 Å². The molecular formula is C16H20ClN3O3. The van der Waals surface area contributed by atoms with Gasteiger partial charge in [0.2, 0.25) is 0 Å². The van der Waals surface area contributed by atoms with Crippen molar-refractivity contribution in [2.45, 2.75) is 13.5 Å². The van der Waals surface area contributed by atoms with E-state index in [2.05, 4.69) is 9.88 Å². The van der Waals surface area contributed by atoms with E-state index in [9.17, 15) is 4.79 Å². The number of halogens is 1. The molecule has 0 amide bonds. The summed E-state index contributed by atoms with van der Waals surface area (Å²) >= 11 is 6.26. The third-order valence-electron chi connectivity index (χ3n) is 3.99. The van der Waals surface area contributed by atoms with Crippen molar-refractivity contribution in [3.8, 4) is 0 Å². The molecule has 3 heterocycles. The van der Waals surface area contributed by atoms with Gasteiger partial charge in [0.25, 0.3) is 0 Å². The van der Waals surface area contributed by atoms with Gasteiger partial charge in [-0.25, -0.2) is 9.78 Å². The smallest absolute Gasteiger partial charge is 0.354 e. The molecule has 1 saturated heterocycles. The van der Waals surface area contributed by atoms with Crippen LogP contribution in [-0.4, -0.2) is 59.9 Å². The number of ether oxygens (including phenoxy) is 2. The maximum absolute atomic E-state index is 12.3. The summed E-state index contributed by atoms with van der Waals surface area (Å²) in [5.41, 5.74) is 1.30. The Balaban J connectivity index is 1.91. The van der Waals surface area contributed by atoms with Crippen molar-refractivity contribution in [1.82, 2.24) is 14.5 Å². The average Bonchev–Trinajstić information content (AvgIpc) is 2.94. The number of carbonyl (C=O) groups excluding carboxylic acids is 1. The number of carbonyl (C=O) groups is 1. The van der Waals surface area contributed by atoms with Gasteiger partial charge in [-0.15, -0.1) is 0 Å².